The Bertz CT molecular complexity index is 4050. The van der Waals surface area contributed by atoms with Crippen LogP contribution in [0.3, 0.4) is 0 Å². The molecule has 0 bridgehead atoms. The Morgan fingerprint density at radius 1 is 0.257 bits per heavy atom. The maximum absolute atomic E-state index is 10.8. The monoisotopic (exact) mass is 888 g/mol. The number of rotatable bonds is 8. The van der Waals surface area contributed by atoms with Crippen molar-refractivity contribution in [3.8, 4) is 118 Å². The van der Waals surface area contributed by atoms with Crippen LogP contribution in [0.1, 0.15) is 5.56 Å². The summed E-state index contributed by atoms with van der Waals surface area (Å²) in [5, 5.41) is 15.7. The normalized spacial score (nSPS) is 11.4. The molecule has 0 N–H and O–H groups in total. The van der Waals surface area contributed by atoms with E-state index in [1.807, 2.05) is 48.5 Å². The van der Waals surface area contributed by atoms with E-state index in [0.29, 0.717) is 23.0 Å². The minimum absolute atomic E-state index is 0.557. The molecule has 0 saturated carbocycles. The number of hydrogen-bond donors (Lipinski definition) is 0. The summed E-state index contributed by atoms with van der Waals surface area (Å²) in [4.78, 5) is 15.6. The van der Waals surface area contributed by atoms with Gasteiger partial charge in [0.1, 0.15) is 0 Å². The van der Waals surface area contributed by atoms with Crippen LogP contribution in [0.15, 0.2) is 243 Å². The van der Waals surface area contributed by atoms with E-state index >= 15 is 0 Å². The molecule has 12 aromatic rings. The third-order valence-corrected chi connectivity index (χ3v) is 13.8. The summed E-state index contributed by atoms with van der Waals surface area (Å²) in [5.41, 5.74) is 18.7. The molecule has 1 heterocycles. The van der Waals surface area contributed by atoms with E-state index in [1.165, 1.54) is 49.4 Å². The van der Waals surface area contributed by atoms with Gasteiger partial charge in [-0.3, -0.25) is 0 Å². The van der Waals surface area contributed by atoms with Gasteiger partial charge in [-0.2, -0.15) is 5.26 Å². The molecule has 13 rings (SSSR count). The second-order valence-corrected chi connectivity index (χ2v) is 17.7. The minimum atomic E-state index is 0.557. The van der Waals surface area contributed by atoms with E-state index in [1.54, 1.807) is 0 Å². The Morgan fingerprint density at radius 3 is 1.44 bits per heavy atom. The molecule has 4 nitrogen and oxygen atoms in total. The molecular weight excluding hydrogens is 849 g/mol. The summed E-state index contributed by atoms with van der Waals surface area (Å²) in [6, 6.07) is 87.4. The van der Waals surface area contributed by atoms with Gasteiger partial charge in [0.2, 0.25) is 0 Å². The summed E-state index contributed by atoms with van der Waals surface area (Å²) in [5.74, 6) is 1.72. The van der Waals surface area contributed by atoms with E-state index in [4.69, 9.17) is 15.0 Å². The van der Waals surface area contributed by atoms with Crippen molar-refractivity contribution in [1.29, 1.82) is 5.26 Å². The van der Waals surface area contributed by atoms with Gasteiger partial charge in [0, 0.05) is 22.3 Å². The first-order valence-corrected chi connectivity index (χ1v) is 23.6. The van der Waals surface area contributed by atoms with Gasteiger partial charge in [-0.1, -0.05) is 224 Å². The van der Waals surface area contributed by atoms with Crippen molar-refractivity contribution < 1.29 is 0 Å². The van der Waals surface area contributed by atoms with Crippen molar-refractivity contribution in [2.75, 3.05) is 0 Å². The van der Waals surface area contributed by atoms with Gasteiger partial charge in [0.25, 0.3) is 0 Å². The van der Waals surface area contributed by atoms with E-state index < -0.39 is 0 Å². The number of aromatic nitrogens is 3. The van der Waals surface area contributed by atoms with Gasteiger partial charge in [0.05, 0.1) is 11.6 Å². The molecule has 4 heteroatoms. The van der Waals surface area contributed by atoms with Crippen LogP contribution in [0.5, 0.6) is 0 Å². The molecule has 0 unspecified atom stereocenters. The molecular formula is C66H40N4. The van der Waals surface area contributed by atoms with Crippen molar-refractivity contribution in [3.05, 3.63) is 248 Å². The van der Waals surface area contributed by atoms with Crippen molar-refractivity contribution in [2.45, 2.75) is 0 Å². The first-order chi connectivity index (χ1) is 34.7. The molecule has 0 aliphatic heterocycles. The maximum Gasteiger partial charge on any atom is 0.164 e. The predicted octanol–water partition coefficient (Wildman–Crippen LogP) is 17.0. The van der Waals surface area contributed by atoms with E-state index in [2.05, 4.69) is 200 Å². The largest absolute Gasteiger partial charge is 0.208 e. The van der Waals surface area contributed by atoms with E-state index in [-0.39, 0.29) is 0 Å². The summed E-state index contributed by atoms with van der Waals surface area (Å²) in [6.07, 6.45) is 0. The summed E-state index contributed by atoms with van der Waals surface area (Å²) in [7, 11) is 0. The standard InChI is InChI=1S/C66H40N4/c67-41-47-36-35-45(50-24-6-7-25-51(50)57-37-38-60-54-28-10-9-27-53(54)58-33-16-34-59(57)63(58)60)40-62(47)56-30-11-8-26-52(56)55-29-12-13-31-61(55)66-69-64(43-18-2-1-3-19-43)68-65(70-66)46-22-14-21-44(39-46)49-32-15-20-42-17-4-5-23-48(42)49/h1-40H. The average molecular weight is 889 g/mol. The number of fused-ring (bicyclic) bond motifs is 4. The lowest BCUT2D eigenvalue weighted by Gasteiger charge is -2.18. The first-order valence-electron chi connectivity index (χ1n) is 23.6. The van der Waals surface area contributed by atoms with Crippen LogP contribution < -0.4 is 0 Å². The van der Waals surface area contributed by atoms with Crippen LogP contribution in [0.4, 0.5) is 0 Å². The van der Waals surface area contributed by atoms with Crippen molar-refractivity contribution >= 4 is 21.5 Å². The summed E-state index contributed by atoms with van der Waals surface area (Å²) < 4.78 is 0. The lowest BCUT2D eigenvalue weighted by Crippen LogP contribution is -2.01. The number of nitrogens with zero attached hydrogens (tertiary/aromatic N) is 4. The second-order valence-electron chi connectivity index (χ2n) is 17.7. The first kappa shape index (κ1) is 40.7. The van der Waals surface area contributed by atoms with Gasteiger partial charge in [-0.25, -0.2) is 15.0 Å². The molecule has 0 atom stereocenters. The molecule has 1 aliphatic rings. The maximum atomic E-state index is 10.8. The zero-order chi connectivity index (χ0) is 46.5. The molecule has 0 radical (unpaired) electrons. The lowest BCUT2D eigenvalue weighted by atomic mass is 9.86. The average Bonchev–Trinajstić information content (AvgIpc) is 3.77. The molecule has 0 spiro atoms. The van der Waals surface area contributed by atoms with Gasteiger partial charge < -0.3 is 0 Å². The molecule has 0 fully saturated rings. The van der Waals surface area contributed by atoms with Gasteiger partial charge in [-0.05, 0) is 112 Å². The summed E-state index contributed by atoms with van der Waals surface area (Å²) in [6.45, 7) is 0. The quantitative estimate of drug-likeness (QED) is 0.152. The molecule has 0 amide bonds. The third kappa shape index (κ3) is 6.88. The SMILES string of the molecule is N#Cc1ccc(-c2ccccc2-c2ccc3c4c(cccc24)-c2ccccc2-3)cc1-c1ccccc1-c1ccccc1-c1nc(-c2ccccc2)nc(-c2cccc(-c3cccc4ccccc34)c2)n1. The van der Waals surface area contributed by atoms with Crippen LogP contribution in [0, 0.1) is 11.3 Å². The zero-order valence-corrected chi connectivity index (χ0v) is 37.9. The number of hydrogen-bond acceptors (Lipinski definition) is 4. The minimum Gasteiger partial charge on any atom is -0.208 e. The van der Waals surface area contributed by atoms with Gasteiger partial charge in [-0.15, -0.1) is 0 Å². The van der Waals surface area contributed by atoms with Crippen molar-refractivity contribution in [2.24, 2.45) is 0 Å². The highest BCUT2D eigenvalue weighted by Gasteiger charge is 2.24. The van der Waals surface area contributed by atoms with E-state index in [9.17, 15) is 5.26 Å². The van der Waals surface area contributed by atoms with Crippen LogP contribution >= 0.6 is 0 Å². The van der Waals surface area contributed by atoms with Gasteiger partial charge in [0.15, 0.2) is 17.5 Å². The smallest absolute Gasteiger partial charge is 0.164 e. The highest BCUT2D eigenvalue weighted by atomic mass is 15.0. The van der Waals surface area contributed by atoms with Crippen molar-refractivity contribution in [3.63, 3.8) is 0 Å². The Balaban J connectivity index is 0.941. The number of nitriles is 1. The fraction of sp³-hybridized carbons (Fsp3) is 0. The fourth-order valence-corrected chi connectivity index (χ4v) is 10.6. The lowest BCUT2D eigenvalue weighted by molar-refractivity contribution is 1.07. The second kappa shape index (κ2) is 16.9. The topological polar surface area (TPSA) is 62.5 Å². The molecule has 70 heavy (non-hydrogen) atoms. The molecule has 11 aromatic carbocycles. The van der Waals surface area contributed by atoms with Gasteiger partial charge >= 0.3 is 0 Å². The molecule has 1 aromatic heterocycles. The highest BCUT2D eigenvalue weighted by molar-refractivity contribution is 6.19. The fourth-order valence-electron chi connectivity index (χ4n) is 10.6. The number of benzene rings is 11. The molecule has 0 saturated heterocycles. The Kier molecular flexibility index (Phi) is 9.85. The predicted molar refractivity (Wildman–Crippen MR) is 287 cm³/mol. The van der Waals surface area contributed by atoms with Crippen LogP contribution in [0.25, 0.3) is 134 Å². The van der Waals surface area contributed by atoms with Crippen molar-refractivity contribution in [1.82, 2.24) is 15.0 Å². The van der Waals surface area contributed by atoms with E-state index in [0.717, 1.165) is 66.8 Å². The van der Waals surface area contributed by atoms with Crippen LogP contribution in [-0.4, -0.2) is 15.0 Å². The van der Waals surface area contributed by atoms with Crippen LogP contribution in [0.2, 0.25) is 0 Å². The Hall–Kier alpha value is -9.56. The third-order valence-electron chi connectivity index (χ3n) is 13.8. The summed E-state index contributed by atoms with van der Waals surface area (Å²) >= 11 is 0. The zero-order valence-electron chi connectivity index (χ0n) is 37.9. The highest BCUT2D eigenvalue weighted by Crippen LogP contribution is 2.50. The Labute approximate surface area is 406 Å². The molecule has 324 valence electrons. The Morgan fingerprint density at radius 2 is 0.700 bits per heavy atom. The molecule has 1 aliphatic carbocycles. The van der Waals surface area contributed by atoms with Crippen LogP contribution in [-0.2, 0) is 0 Å².